The number of nitrogens with one attached hydrogen (secondary N) is 1. The summed E-state index contributed by atoms with van der Waals surface area (Å²) in [6.45, 7) is 7.84. The number of hydrogen-bond acceptors (Lipinski definition) is 3. The van der Waals surface area contributed by atoms with Crippen LogP contribution in [0.3, 0.4) is 0 Å². The van der Waals surface area contributed by atoms with E-state index >= 15 is 0 Å². The van der Waals surface area contributed by atoms with Gasteiger partial charge in [-0.3, -0.25) is 15.1 Å². The van der Waals surface area contributed by atoms with Crippen molar-refractivity contribution in [1.82, 2.24) is 5.32 Å². The number of carbonyl (C=O) groups excluding carboxylic acids is 1. The van der Waals surface area contributed by atoms with Crippen molar-refractivity contribution in [2.75, 3.05) is 0 Å². The van der Waals surface area contributed by atoms with Crippen molar-refractivity contribution in [1.29, 1.82) is 0 Å². The summed E-state index contributed by atoms with van der Waals surface area (Å²) in [6.07, 6.45) is 0.750. The minimum absolute atomic E-state index is 0.0948. The van der Waals surface area contributed by atoms with Gasteiger partial charge in [0.05, 0.1) is 0 Å². The van der Waals surface area contributed by atoms with Crippen molar-refractivity contribution < 1.29 is 9.53 Å². The number of amides is 1. The molecule has 4 nitrogen and oxygen atoms in total. The van der Waals surface area contributed by atoms with Crippen LogP contribution in [0.25, 0.3) is 5.70 Å². The maximum atomic E-state index is 12.4. The lowest BCUT2D eigenvalue weighted by Gasteiger charge is -2.17. The Morgan fingerprint density at radius 1 is 1.12 bits per heavy atom. The van der Waals surface area contributed by atoms with Gasteiger partial charge in [0, 0.05) is 11.5 Å². The number of aliphatic imine (C=N–C) groups is 1. The Morgan fingerprint density at radius 3 is 2.28 bits per heavy atom. The van der Waals surface area contributed by atoms with Crippen molar-refractivity contribution in [3.05, 3.63) is 77.7 Å². The number of nitrogens with zero attached hydrogens (tertiary/aromatic N) is 1. The summed E-state index contributed by atoms with van der Waals surface area (Å²) in [5.74, 6) is 0.121. The predicted molar refractivity (Wildman–Crippen MR) is 102 cm³/mol. The fraction of sp³-hybridized carbons (Fsp3) is 0.238. The quantitative estimate of drug-likeness (QED) is 0.574. The van der Waals surface area contributed by atoms with E-state index in [9.17, 15) is 4.79 Å². The largest absolute Gasteiger partial charge is 0.473 e. The summed E-state index contributed by atoms with van der Waals surface area (Å²) < 4.78 is 5.91. The highest BCUT2D eigenvalue weighted by Crippen LogP contribution is 2.21. The third-order valence-electron chi connectivity index (χ3n) is 3.94. The monoisotopic (exact) mass is 336 g/mol. The van der Waals surface area contributed by atoms with Crippen LogP contribution in [0.5, 0.6) is 0 Å². The lowest BCUT2D eigenvalue weighted by atomic mass is 10.1. The van der Waals surface area contributed by atoms with Gasteiger partial charge in [-0.2, -0.15) is 0 Å². The molecule has 4 heteroatoms. The summed E-state index contributed by atoms with van der Waals surface area (Å²) >= 11 is 0. The first kappa shape index (κ1) is 18.5. The fourth-order valence-corrected chi connectivity index (χ4v) is 2.20. The zero-order chi connectivity index (χ0) is 18.1. The Labute approximate surface area is 149 Å². The molecule has 0 aliphatic rings. The predicted octanol–water partition coefficient (Wildman–Crippen LogP) is 4.39. The molecule has 0 aliphatic carbocycles. The van der Waals surface area contributed by atoms with Crippen LogP contribution < -0.4 is 5.32 Å². The molecule has 0 radical (unpaired) electrons. The number of rotatable bonds is 8. The topological polar surface area (TPSA) is 50.7 Å². The van der Waals surface area contributed by atoms with Crippen LogP contribution in [0.1, 0.15) is 31.4 Å². The fourth-order valence-electron chi connectivity index (χ4n) is 2.20. The standard InChI is InChI=1S/C21H24N2O2/c1-4-16(2)20(24)23-21(25-15-17-11-7-5-8-12-17)19(22-3)18-13-9-6-10-14-18/h5-14,16H,3-4,15H2,1-2H3,(H,23,24)/b21-19-. The minimum atomic E-state index is -0.114. The first-order chi connectivity index (χ1) is 12.2. The summed E-state index contributed by atoms with van der Waals surface area (Å²) in [6, 6.07) is 19.3. The van der Waals surface area contributed by atoms with Gasteiger partial charge in [-0.05, 0) is 18.7 Å². The van der Waals surface area contributed by atoms with Crippen molar-refractivity contribution in [3.63, 3.8) is 0 Å². The van der Waals surface area contributed by atoms with Crippen molar-refractivity contribution in [2.24, 2.45) is 10.9 Å². The van der Waals surface area contributed by atoms with Gasteiger partial charge in [0.25, 0.3) is 0 Å². The summed E-state index contributed by atoms with van der Waals surface area (Å²) in [4.78, 5) is 16.5. The Balaban J connectivity index is 2.31. The third kappa shape index (κ3) is 5.31. The maximum absolute atomic E-state index is 12.4. The zero-order valence-electron chi connectivity index (χ0n) is 14.7. The third-order valence-corrected chi connectivity index (χ3v) is 3.94. The van der Waals surface area contributed by atoms with Crippen LogP contribution >= 0.6 is 0 Å². The van der Waals surface area contributed by atoms with Crippen molar-refractivity contribution in [3.8, 4) is 0 Å². The highest BCUT2D eigenvalue weighted by atomic mass is 16.5. The second kappa shape index (κ2) is 9.42. The Kier molecular flexibility index (Phi) is 6.96. The van der Waals surface area contributed by atoms with E-state index in [2.05, 4.69) is 17.0 Å². The molecule has 0 fully saturated rings. The van der Waals surface area contributed by atoms with E-state index in [0.29, 0.717) is 18.2 Å². The van der Waals surface area contributed by atoms with Crippen LogP contribution in [0.2, 0.25) is 0 Å². The molecule has 1 amide bonds. The van der Waals surface area contributed by atoms with Crippen molar-refractivity contribution in [2.45, 2.75) is 26.9 Å². The number of hydrogen-bond donors (Lipinski definition) is 1. The lowest BCUT2D eigenvalue weighted by Crippen LogP contribution is -2.30. The number of ether oxygens (including phenoxy) is 1. The van der Waals surface area contributed by atoms with Gasteiger partial charge in [0.1, 0.15) is 12.3 Å². The average Bonchev–Trinajstić information content (AvgIpc) is 2.67. The van der Waals surface area contributed by atoms with Crippen LogP contribution in [0.15, 0.2) is 71.5 Å². The molecular weight excluding hydrogens is 312 g/mol. The molecule has 0 heterocycles. The molecule has 1 atom stereocenters. The molecule has 1 N–H and O–H groups in total. The molecule has 2 rings (SSSR count). The molecule has 0 aliphatic heterocycles. The van der Waals surface area contributed by atoms with Crippen LogP contribution in [0, 0.1) is 5.92 Å². The molecule has 1 unspecified atom stereocenters. The van der Waals surface area contributed by atoms with Crippen LogP contribution in [-0.4, -0.2) is 12.6 Å². The highest BCUT2D eigenvalue weighted by Gasteiger charge is 2.17. The van der Waals surface area contributed by atoms with Crippen LogP contribution in [-0.2, 0) is 16.1 Å². The lowest BCUT2D eigenvalue weighted by molar-refractivity contribution is -0.124. The van der Waals surface area contributed by atoms with E-state index in [1.54, 1.807) is 0 Å². The molecule has 130 valence electrons. The van der Waals surface area contributed by atoms with Gasteiger partial charge in [-0.15, -0.1) is 0 Å². The summed E-state index contributed by atoms with van der Waals surface area (Å²) in [7, 11) is 0. The zero-order valence-corrected chi connectivity index (χ0v) is 14.7. The molecule has 2 aromatic carbocycles. The molecule has 0 aromatic heterocycles. The SMILES string of the molecule is C=N/C(=C(/NC(=O)C(C)CC)OCc1ccccc1)c1ccccc1. The van der Waals surface area contributed by atoms with Gasteiger partial charge in [0.2, 0.25) is 11.8 Å². The molecule has 25 heavy (non-hydrogen) atoms. The molecule has 0 saturated carbocycles. The average molecular weight is 336 g/mol. The van der Waals surface area contributed by atoms with Gasteiger partial charge in [-0.25, -0.2) is 0 Å². The maximum Gasteiger partial charge on any atom is 0.229 e. The molecule has 0 bridgehead atoms. The van der Waals surface area contributed by atoms with Crippen molar-refractivity contribution >= 4 is 18.3 Å². The number of benzene rings is 2. The summed E-state index contributed by atoms with van der Waals surface area (Å²) in [5.41, 5.74) is 2.37. The van der Waals surface area contributed by atoms with Gasteiger partial charge >= 0.3 is 0 Å². The van der Waals surface area contributed by atoms with Crippen LogP contribution in [0.4, 0.5) is 0 Å². The van der Waals surface area contributed by atoms with E-state index in [1.165, 1.54) is 0 Å². The van der Waals surface area contributed by atoms with Gasteiger partial charge < -0.3 is 4.74 Å². The molecular formula is C21H24N2O2. The van der Waals surface area contributed by atoms with Gasteiger partial charge in [0.15, 0.2) is 0 Å². The first-order valence-corrected chi connectivity index (χ1v) is 8.39. The Morgan fingerprint density at radius 2 is 1.72 bits per heavy atom. The minimum Gasteiger partial charge on any atom is -0.473 e. The highest BCUT2D eigenvalue weighted by molar-refractivity contribution is 5.82. The number of carbonyl (C=O) groups is 1. The van der Waals surface area contributed by atoms with E-state index in [1.807, 2.05) is 74.5 Å². The second-order valence-corrected chi connectivity index (χ2v) is 5.77. The Hall–Kier alpha value is -2.88. The first-order valence-electron chi connectivity index (χ1n) is 8.39. The van der Waals surface area contributed by atoms with E-state index in [0.717, 1.165) is 17.5 Å². The summed E-state index contributed by atoms with van der Waals surface area (Å²) in [5, 5.41) is 2.87. The second-order valence-electron chi connectivity index (χ2n) is 5.77. The van der Waals surface area contributed by atoms with E-state index in [-0.39, 0.29) is 11.8 Å². The van der Waals surface area contributed by atoms with Gasteiger partial charge in [-0.1, -0.05) is 74.5 Å². The molecule has 0 spiro atoms. The van der Waals surface area contributed by atoms with E-state index < -0.39 is 0 Å². The smallest absolute Gasteiger partial charge is 0.229 e. The molecule has 0 saturated heterocycles. The molecule has 2 aromatic rings. The normalized spacial score (nSPS) is 12.7. The van der Waals surface area contributed by atoms with E-state index in [4.69, 9.17) is 4.74 Å². The Bertz CT molecular complexity index is 724.